The summed E-state index contributed by atoms with van der Waals surface area (Å²) in [6.07, 6.45) is 1.58. The van der Waals surface area contributed by atoms with Crippen LogP contribution in [-0.2, 0) is 16.0 Å². The van der Waals surface area contributed by atoms with Crippen molar-refractivity contribution in [1.82, 2.24) is 10.5 Å². The van der Waals surface area contributed by atoms with Gasteiger partial charge in [0, 0.05) is 19.0 Å². The maximum atomic E-state index is 11.7. The minimum atomic E-state index is -1.21. The summed E-state index contributed by atoms with van der Waals surface area (Å²) in [5.74, 6) is -0.895. The highest BCUT2D eigenvalue weighted by atomic mass is 16.5. The molecular formula is C16H19N3O5. The van der Waals surface area contributed by atoms with Gasteiger partial charge >= 0.3 is 11.8 Å². The molecule has 24 heavy (non-hydrogen) atoms. The lowest BCUT2D eigenvalue weighted by Crippen LogP contribution is -2.45. The summed E-state index contributed by atoms with van der Waals surface area (Å²) < 4.78 is 9.62. The third-order valence-corrected chi connectivity index (χ3v) is 3.26. The fourth-order valence-electron chi connectivity index (χ4n) is 2.05. The Kier molecular flexibility index (Phi) is 5.54. The number of carbonyl (C=O) groups is 2. The van der Waals surface area contributed by atoms with E-state index >= 15 is 0 Å². The zero-order chi connectivity index (χ0) is 17.6. The molecule has 0 bridgehead atoms. The lowest BCUT2D eigenvalue weighted by Gasteiger charge is -2.23. The van der Waals surface area contributed by atoms with Crippen molar-refractivity contribution in [2.75, 3.05) is 19.0 Å². The second-order valence-electron chi connectivity index (χ2n) is 5.54. The van der Waals surface area contributed by atoms with Crippen LogP contribution in [0.3, 0.4) is 0 Å². The van der Waals surface area contributed by atoms with Crippen molar-refractivity contribution in [3.05, 3.63) is 42.2 Å². The van der Waals surface area contributed by atoms with E-state index in [2.05, 4.69) is 20.3 Å². The average Bonchev–Trinajstić information content (AvgIpc) is 3.06. The molecule has 1 heterocycles. The van der Waals surface area contributed by atoms with Crippen LogP contribution in [0.25, 0.3) is 0 Å². The van der Waals surface area contributed by atoms with Crippen LogP contribution in [0.4, 0.5) is 5.82 Å². The van der Waals surface area contributed by atoms with Gasteiger partial charge in [-0.25, -0.2) is 0 Å². The molecule has 2 rings (SSSR count). The lowest BCUT2D eigenvalue weighted by molar-refractivity contribution is -0.136. The Morgan fingerprint density at radius 2 is 1.96 bits per heavy atom. The molecule has 8 heteroatoms. The van der Waals surface area contributed by atoms with Crippen molar-refractivity contribution in [1.29, 1.82) is 0 Å². The summed E-state index contributed by atoms with van der Waals surface area (Å²) in [4.78, 5) is 23.4. The normalized spacial score (nSPS) is 13.0. The van der Waals surface area contributed by atoms with Crippen molar-refractivity contribution >= 4 is 17.6 Å². The van der Waals surface area contributed by atoms with Crippen LogP contribution in [0, 0.1) is 0 Å². The summed E-state index contributed by atoms with van der Waals surface area (Å²) in [6.45, 7) is 1.50. The molecule has 8 nitrogen and oxygen atoms in total. The van der Waals surface area contributed by atoms with E-state index in [1.54, 1.807) is 26.2 Å². The highest BCUT2D eigenvalue weighted by Crippen LogP contribution is 2.16. The van der Waals surface area contributed by atoms with E-state index in [9.17, 15) is 14.7 Å². The number of nitrogens with one attached hydrogen (secondary N) is 2. The predicted octanol–water partition coefficient (Wildman–Crippen LogP) is 0.732. The van der Waals surface area contributed by atoms with Gasteiger partial charge in [0.1, 0.15) is 12.0 Å². The summed E-state index contributed by atoms with van der Waals surface area (Å²) in [6, 6.07) is 8.63. The molecular weight excluding hydrogens is 314 g/mol. The quantitative estimate of drug-likeness (QED) is 0.672. The van der Waals surface area contributed by atoms with Gasteiger partial charge in [0.15, 0.2) is 5.82 Å². The number of aromatic nitrogens is 1. The average molecular weight is 333 g/mol. The van der Waals surface area contributed by atoms with Crippen molar-refractivity contribution in [3.8, 4) is 5.75 Å². The molecule has 1 aromatic carbocycles. The molecule has 0 saturated heterocycles. The Labute approximate surface area is 138 Å². The zero-order valence-electron chi connectivity index (χ0n) is 13.4. The fourth-order valence-corrected chi connectivity index (χ4v) is 2.05. The third kappa shape index (κ3) is 5.10. The molecule has 0 saturated carbocycles. The smallest absolute Gasteiger partial charge is 0.314 e. The maximum absolute atomic E-state index is 11.7. The van der Waals surface area contributed by atoms with Gasteiger partial charge in [-0.2, -0.15) is 0 Å². The van der Waals surface area contributed by atoms with Gasteiger partial charge in [0.25, 0.3) is 0 Å². The molecule has 3 N–H and O–H groups in total. The standard InChI is InChI=1S/C16H19N3O5/c1-16(22,9-11-3-5-12(23-2)6-4-11)10-17-14(20)15(21)18-13-7-8-24-19-13/h3-8,22H,9-10H2,1-2H3,(H,17,20)(H,18,19,21)/t16-/m0/s1. The lowest BCUT2D eigenvalue weighted by atomic mass is 9.96. The summed E-state index contributed by atoms with van der Waals surface area (Å²) in [5, 5.41) is 18.5. The van der Waals surface area contributed by atoms with Gasteiger partial charge in [0.2, 0.25) is 0 Å². The molecule has 0 aliphatic carbocycles. The molecule has 2 amide bonds. The van der Waals surface area contributed by atoms with E-state index in [1.165, 1.54) is 12.3 Å². The number of methoxy groups -OCH3 is 1. The number of anilines is 1. The molecule has 0 aliphatic heterocycles. The van der Waals surface area contributed by atoms with Crippen LogP contribution in [0.15, 0.2) is 41.1 Å². The van der Waals surface area contributed by atoms with Crippen molar-refractivity contribution in [2.24, 2.45) is 0 Å². The summed E-state index contributed by atoms with van der Waals surface area (Å²) in [7, 11) is 1.57. The first-order valence-corrected chi connectivity index (χ1v) is 7.24. The Morgan fingerprint density at radius 3 is 2.54 bits per heavy atom. The predicted molar refractivity (Wildman–Crippen MR) is 85.5 cm³/mol. The Bertz CT molecular complexity index is 680. The topological polar surface area (TPSA) is 114 Å². The number of benzene rings is 1. The van der Waals surface area contributed by atoms with E-state index < -0.39 is 17.4 Å². The first-order valence-electron chi connectivity index (χ1n) is 7.24. The maximum Gasteiger partial charge on any atom is 0.314 e. The molecule has 1 atom stereocenters. The molecule has 0 radical (unpaired) electrons. The molecule has 128 valence electrons. The molecule has 0 aliphatic rings. The van der Waals surface area contributed by atoms with Crippen LogP contribution in [0.2, 0.25) is 0 Å². The monoisotopic (exact) mass is 333 g/mol. The number of nitrogens with zero attached hydrogens (tertiary/aromatic N) is 1. The number of aliphatic hydroxyl groups is 1. The summed E-state index contributed by atoms with van der Waals surface area (Å²) >= 11 is 0. The fraction of sp³-hybridized carbons (Fsp3) is 0.312. The number of ether oxygens (including phenoxy) is 1. The van der Waals surface area contributed by atoms with E-state index in [0.717, 1.165) is 11.3 Å². The molecule has 2 aromatic rings. The van der Waals surface area contributed by atoms with Crippen LogP contribution in [0.5, 0.6) is 5.75 Å². The van der Waals surface area contributed by atoms with Gasteiger partial charge in [-0.1, -0.05) is 17.3 Å². The highest BCUT2D eigenvalue weighted by Gasteiger charge is 2.24. The van der Waals surface area contributed by atoms with Crippen molar-refractivity contribution in [2.45, 2.75) is 18.9 Å². The van der Waals surface area contributed by atoms with Gasteiger partial charge in [-0.05, 0) is 24.6 Å². The first-order chi connectivity index (χ1) is 11.4. The molecule has 1 aromatic heterocycles. The largest absolute Gasteiger partial charge is 0.497 e. The van der Waals surface area contributed by atoms with Crippen LogP contribution < -0.4 is 15.4 Å². The van der Waals surface area contributed by atoms with Gasteiger partial charge in [0.05, 0.1) is 12.7 Å². The number of hydrogen-bond donors (Lipinski definition) is 3. The minimum absolute atomic E-state index is 0.0793. The Hall–Kier alpha value is -2.87. The Balaban J connectivity index is 1.84. The second kappa shape index (κ2) is 7.60. The van der Waals surface area contributed by atoms with Crippen molar-refractivity contribution < 1.29 is 24.0 Å². The number of hydrogen-bond acceptors (Lipinski definition) is 6. The van der Waals surface area contributed by atoms with E-state index in [4.69, 9.17) is 4.74 Å². The van der Waals surface area contributed by atoms with E-state index in [0.29, 0.717) is 6.42 Å². The number of amides is 2. The number of carbonyl (C=O) groups excluding carboxylic acids is 2. The molecule has 0 fully saturated rings. The summed E-state index contributed by atoms with van der Waals surface area (Å²) in [5.41, 5.74) is -0.333. The SMILES string of the molecule is COc1ccc(C[C@](C)(O)CNC(=O)C(=O)Nc2ccon2)cc1. The number of rotatable bonds is 6. The van der Waals surface area contributed by atoms with Crippen LogP contribution in [0.1, 0.15) is 12.5 Å². The van der Waals surface area contributed by atoms with Gasteiger partial charge in [-0.3, -0.25) is 14.9 Å². The van der Waals surface area contributed by atoms with Gasteiger partial charge in [-0.15, -0.1) is 0 Å². The third-order valence-electron chi connectivity index (χ3n) is 3.26. The Morgan fingerprint density at radius 1 is 1.25 bits per heavy atom. The zero-order valence-corrected chi connectivity index (χ0v) is 13.4. The van der Waals surface area contributed by atoms with Gasteiger partial charge < -0.3 is 19.7 Å². The van der Waals surface area contributed by atoms with E-state index in [-0.39, 0.29) is 12.4 Å². The van der Waals surface area contributed by atoms with Crippen molar-refractivity contribution in [3.63, 3.8) is 0 Å². The first kappa shape index (κ1) is 17.5. The van der Waals surface area contributed by atoms with E-state index in [1.807, 2.05) is 12.1 Å². The van der Waals surface area contributed by atoms with Crippen LogP contribution >= 0.6 is 0 Å². The molecule has 0 spiro atoms. The molecule has 0 unspecified atom stereocenters. The minimum Gasteiger partial charge on any atom is -0.497 e. The van der Waals surface area contributed by atoms with Crippen LogP contribution in [-0.4, -0.2) is 41.3 Å². The second-order valence-corrected chi connectivity index (χ2v) is 5.54. The highest BCUT2D eigenvalue weighted by molar-refractivity contribution is 6.39.